The van der Waals surface area contributed by atoms with Crippen molar-refractivity contribution in [3.05, 3.63) is 35.4 Å². The van der Waals surface area contributed by atoms with Gasteiger partial charge in [-0.05, 0) is 43.0 Å². The molecule has 0 spiro atoms. The van der Waals surface area contributed by atoms with Crippen molar-refractivity contribution in [1.82, 2.24) is 4.90 Å². The third kappa shape index (κ3) is 2.54. The average Bonchev–Trinajstić information content (AvgIpc) is 3.31. The predicted octanol–water partition coefficient (Wildman–Crippen LogP) is 1.64. The molecule has 2 fully saturated rings. The highest BCUT2D eigenvalue weighted by Crippen LogP contribution is 2.37. The Kier molecular flexibility index (Phi) is 3.44. The van der Waals surface area contributed by atoms with Crippen LogP contribution in [-0.2, 0) is 4.74 Å². The molecule has 106 valence electrons. The molecule has 1 N–H and O–H groups in total. The van der Waals surface area contributed by atoms with Crippen LogP contribution in [0.4, 0.5) is 0 Å². The zero-order chi connectivity index (χ0) is 14.1. The molecule has 20 heavy (non-hydrogen) atoms. The Labute approximate surface area is 117 Å². The SMILES string of the molecule is O=C(O)c1ccc(C(=O)N2CCOCC2C2CC2)cc1. The number of rotatable bonds is 3. The highest BCUT2D eigenvalue weighted by Gasteiger charge is 2.39. The number of ether oxygens (including phenoxy) is 1. The first-order valence-electron chi connectivity index (χ1n) is 6.89. The maximum absolute atomic E-state index is 12.5. The van der Waals surface area contributed by atoms with E-state index in [0.29, 0.717) is 31.2 Å². The minimum absolute atomic E-state index is 0.0258. The molecule has 1 saturated heterocycles. The molecular formula is C15H17NO4. The van der Waals surface area contributed by atoms with Crippen LogP contribution >= 0.6 is 0 Å². The van der Waals surface area contributed by atoms with Crippen LogP contribution in [0.3, 0.4) is 0 Å². The molecule has 1 heterocycles. The molecule has 0 radical (unpaired) electrons. The van der Waals surface area contributed by atoms with Crippen LogP contribution in [0.25, 0.3) is 0 Å². The molecule has 2 aliphatic rings. The molecule has 1 unspecified atom stereocenters. The fourth-order valence-electron chi connectivity index (χ4n) is 2.67. The van der Waals surface area contributed by atoms with Gasteiger partial charge in [0.05, 0.1) is 24.8 Å². The van der Waals surface area contributed by atoms with Crippen LogP contribution in [0, 0.1) is 5.92 Å². The molecule has 1 aliphatic carbocycles. The second-order valence-electron chi connectivity index (χ2n) is 5.36. The second-order valence-corrected chi connectivity index (χ2v) is 5.36. The number of hydrogen-bond acceptors (Lipinski definition) is 3. The monoisotopic (exact) mass is 275 g/mol. The van der Waals surface area contributed by atoms with E-state index in [1.807, 2.05) is 4.90 Å². The lowest BCUT2D eigenvalue weighted by atomic mass is 10.1. The number of amides is 1. The topological polar surface area (TPSA) is 66.8 Å². The van der Waals surface area contributed by atoms with Crippen molar-refractivity contribution in [2.45, 2.75) is 18.9 Å². The van der Waals surface area contributed by atoms with Crippen molar-refractivity contribution in [3.63, 3.8) is 0 Å². The van der Waals surface area contributed by atoms with Gasteiger partial charge in [0.15, 0.2) is 0 Å². The molecule has 5 heteroatoms. The Morgan fingerprint density at radius 3 is 2.40 bits per heavy atom. The Morgan fingerprint density at radius 2 is 1.80 bits per heavy atom. The van der Waals surface area contributed by atoms with Crippen LogP contribution in [0.15, 0.2) is 24.3 Å². The maximum atomic E-state index is 12.5. The maximum Gasteiger partial charge on any atom is 0.335 e. The number of carboxylic acids is 1. The number of morpholine rings is 1. The molecule has 0 aromatic heterocycles. The molecule has 3 rings (SSSR count). The standard InChI is InChI=1S/C15H17NO4/c17-14(11-3-5-12(6-4-11)15(18)19)16-7-8-20-9-13(16)10-1-2-10/h3-6,10,13H,1-2,7-9H2,(H,18,19). The van der Waals surface area contributed by atoms with E-state index < -0.39 is 5.97 Å². The van der Waals surface area contributed by atoms with Crippen LogP contribution in [0.1, 0.15) is 33.6 Å². The normalized spacial score (nSPS) is 22.6. The molecular weight excluding hydrogens is 258 g/mol. The van der Waals surface area contributed by atoms with Gasteiger partial charge in [-0.25, -0.2) is 4.79 Å². The van der Waals surface area contributed by atoms with Gasteiger partial charge in [0, 0.05) is 12.1 Å². The fourth-order valence-corrected chi connectivity index (χ4v) is 2.67. The minimum Gasteiger partial charge on any atom is -0.478 e. The first-order chi connectivity index (χ1) is 9.66. The van der Waals surface area contributed by atoms with Crippen LogP contribution < -0.4 is 0 Å². The number of carbonyl (C=O) groups excluding carboxylic acids is 1. The van der Waals surface area contributed by atoms with Crippen LogP contribution in [-0.4, -0.2) is 47.7 Å². The summed E-state index contributed by atoms with van der Waals surface area (Å²) in [4.78, 5) is 25.3. The van der Waals surface area contributed by atoms with Gasteiger partial charge in [-0.2, -0.15) is 0 Å². The largest absolute Gasteiger partial charge is 0.478 e. The van der Waals surface area contributed by atoms with Gasteiger partial charge in [0.1, 0.15) is 0 Å². The van der Waals surface area contributed by atoms with E-state index in [1.54, 1.807) is 12.1 Å². The quantitative estimate of drug-likeness (QED) is 0.910. The van der Waals surface area contributed by atoms with Gasteiger partial charge in [0.25, 0.3) is 5.91 Å². The van der Waals surface area contributed by atoms with Gasteiger partial charge < -0.3 is 14.7 Å². The molecule has 1 atom stereocenters. The zero-order valence-electron chi connectivity index (χ0n) is 11.1. The Balaban J connectivity index is 1.77. The first kappa shape index (κ1) is 13.1. The summed E-state index contributed by atoms with van der Waals surface area (Å²) in [5.41, 5.74) is 0.741. The van der Waals surface area contributed by atoms with E-state index in [1.165, 1.54) is 12.1 Å². The summed E-state index contributed by atoms with van der Waals surface area (Å²) in [5.74, 6) is -0.439. The van der Waals surface area contributed by atoms with Crippen molar-refractivity contribution >= 4 is 11.9 Å². The number of benzene rings is 1. The summed E-state index contributed by atoms with van der Waals surface area (Å²) in [6.07, 6.45) is 2.32. The number of nitrogens with zero attached hydrogens (tertiary/aromatic N) is 1. The summed E-state index contributed by atoms with van der Waals surface area (Å²) in [6, 6.07) is 6.30. The molecule has 1 aliphatic heterocycles. The summed E-state index contributed by atoms with van der Waals surface area (Å²) in [7, 11) is 0. The van der Waals surface area contributed by atoms with E-state index in [2.05, 4.69) is 0 Å². The third-order valence-corrected chi connectivity index (χ3v) is 3.97. The smallest absolute Gasteiger partial charge is 0.335 e. The number of carboxylic acid groups (broad SMARTS) is 1. The first-order valence-corrected chi connectivity index (χ1v) is 6.89. The van der Waals surface area contributed by atoms with Crippen molar-refractivity contribution in [3.8, 4) is 0 Å². The van der Waals surface area contributed by atoms with E-state index >= 15 is 0 Å². The van der Waals surface area contributed by atoms with Gasteiger partial charge in [0.2, 0.25) is 0 Å². The van der Waals surface area contributed by atoms with E-state index in [9.17, 15) is 9.59 Å². The second kappa shape index (κ2) is 5.25. The number of carbonyl (C=O) groups is 2. The summed E-state index contributed by atoms with van der Waals surface area (Å²) in [5, 5.41) is 8.87. The minimum atomic E-state index is -0.980. The van der Waals surface area contributed by atoms with Crippen LogP contribution in [0.2, 0.25) is 0 Å². The Hall–Kier alpha value is -1.88. The summed E-state index contributed by atoms with van der Waals surface area (Å²) >= 11 is 0. The lowest BCUT2D eigenvalue weighted by molar-refractivity contribution is -0.00834. The molecule has 1 aromatic carbocycles. The Morgan fingerprint density at radius 1 is 1.15 bits per heavy atom. The average molecular weight is 275 g/mol. The van der Waals surface area contributed by atoms with Crippen molar-refractivity contribution in [2.24, 2.45) is 5.92 Å². The molecule has 1 aromatic rings. The van der Waals surface area contributed by atoms with Crippen molar-refractivity contribution in [1.29, 1.82) is 0 Å². The van der Waals surface area contributed by atoms with Gasteiger partial charge in [-0.1, -0.05) is 0 Å². The van der Waals surface area contributed by atoms with Crippen molar-refractivity contribution < 1.29 is 19.4 Å². The van der Waals surface area contributed by atoms with Gasteiger partial charge in [-0.15, -0.1) is 0 Å². The van der Waals surface area contributed by atoms with Crippen LogP contribution in [0.5, 0.6) is 0 Å². The number of aromatic carboxylic acids is 1. The number of hydrogen-bond donors (Lipinski definition) is 1. The van der Waals surface area contributed by atoms with E-state index in [-0.39, 0.29) is 17.5 Å². The summed E-state index contributed by atoms with van der Waals surface area (Å²) in [6.45, 7) is 1.80. The van der Waals surface area contributed by atoms with Crippen molar-refractivity contribution in [2.75, 3.05) is 19.8 Å². The molecule has 5 nitrogen and oxygen atoms in total. The van der Waals surface area contributed by atoms with Gasteiger partial charge in [-0.3, -0.25) is 4.79 Å². The lowest BCUT2D eigenvalue weighted by Crippen LogP contribution is -2.49. The van der Waals surface area contributed by atoms with E-state index in [0.717, 1.165) is 12.8 Å². The molecule has 1 saturated carbocycles. The van der Waals surface area contributed by atoms with E-state index in [4.69, 9.17) is 9.84 Å². The highest BCUT2D eigenvalue weighted by atomic mass is 16.5. The third-order valence-electron chi connectivity index (χ3n) is 3.97. The Bertz CT molecular complexity index is 521. The fraction of sp³-hybridized carbons (Fsp3) is 0.467. The molecule has 1 amide bonds. The zero-order valence-corrected chi connectivity index (χ0v) is 11.1. The lowest BCUT2D eigenvalue weighted by Gasteiger charge is -2.36. The predicted molar refractivity (Wildman–Crippen MR) is 71.8 cm³/mol. The van der Waals surface area contributed by atoms with Gasteiger partial charge >= 0.3 is 5.97 Å². The molecule has 0 bridgehead atoms. The summed E-state index contributed by atoms with van der Waals surface area (Å²) < 4.78 is 5.48. The highest BCUT2D eigenvalue weighted by molar-refractivity contribution is 5.96.